The monoisotopic (exact) mass is 447 g/mol. The van der Waals surface area contributed by atoms with Gasteiger partial charge in [0.25, 0.3) is 5.91 Å². The molecule has 0 aliphatic carbocycles. The molecule has 0 spiro atoms. The van der Waals surface area contributed by atoms with Crippen molar-refractivity contribution in [2.24, 2.45) is 5.10 Å². The third-order valence-electron chi connectivity index (χ3n) is 5.67. The van der Waals surface area contributed by atoms with Crippen LogP contribution >= 0.6 is 23.2 Å². The van der Waals surface area contributed by atoms with Crippen molar-refractivity contribution in [3.8, 4) is 5.75 Å². The van der Waals surface area contributed by atoms with Gasteiger partial charge in [-0.1, -0.05) is 30.1 Å². The highest BCUT2D eigenvalue weighted by atomic mass is 35.5. The second-order valence-electron chi connectivity index (χ2n) is 8.40. The van der Waals surface area contributed by atoms with Crippen LogP contribution in [0.4, 0.5) is 5.69 Å². The Bertz CT molecular complexity index is 989. The molecule has 1 heterocycles. The maximum Gasteiger partial charge on any atom is 0.277 e. The third kappa shape index (κ3) is 4.90. The fourth-order valence-electron chi connectivity index (χ4n) is 3.82. The van der Waals surface area contributed by atoms with Crippen molar-refractivity contribution in [1.29, 1.82) is 0 Å². The molecule has 1 N–H and O–H groups in total. The molecule has 1 atom stereocenters. The van der Waals surface area contributed by atoms with E-state index in [-0.39, 0.29) is 18.1 Å². The zero-order valence-corrected chi connectivity index (χ0v) is 19.4. The first-order valence-electron chi connectivity index (χ1n) is 9.86. The van der Waals surface area contributed by atoms with Crippen LogP contribution in [0, 0.1) is 6.92 Å². The molecule has 0 bridgehead atoms. The Labute approximate surface area is 188 Å². The third-order valence-corrected chi connectivity index (χ3v) is 6.20. The Kier molecular flexibility index (Phi) is 6.63. The minimum absolute atomic E-state index is 0.120. The molecular weight excluding hydrogens is 421 g/mol. The molecule has 0 saturated heterocycles. The molecule has 2 aromatic rings. The van der Waals surface area contributed by atoms with Gasteiger partial charge in [-0.25, -0.2) is 5.43 Å². The number of amides is 1. The maximum absolute atomic E-state index is 12.0. The van der Waals surface area contributed by atoms with Crippen LogP contribution in [0.3, 0.4) is 0 Å². The van der Waals surface area contributed by atoms with E-state index in [1.165, 1.54) is 11.3 Å². The number of aryl methyl sites for hydroxylation is 1. The molecule has 1 unspecified atom stereocenters. The number of rotatable bonds is 5. The van der Waals surface area contributed by atoms with Crippen molar-refractivity contribution >= 4 is 41.0 Å². The number of hydrogen-bond donors (Lipinski definition) is 1. The average molecular weight is 448 g/mol. The average Bonchev–Trinajstić information content (AvgIpc) is 2.66. The van der Waals surface area contributed by atoms with E-state index in [2.05, 4.69) is 62.3 Å². The number of hydrogen-bond acceptors (Lipinski definition) is 4. The Morgan fingerprint density at radius 2 is 2.07 bits per heavy atom. The van der Waals surface area contributed by atoms with Crippen molar-refractivity contribution in [3.63, 3.8) is 0 Å². The summed E-state index contributed by atoms with van der Waals surface area (Å²) < 4.78 is 5.42. The van der Waals surface area contributed by atoms with Crippen molar-refractivity contribution in [1.82, 2.24) is 5.43 Å². The van der Waals surface area contributed by atoms with Crippen LogP contribution in [-0.2, 0) is 4.79 Å². The smallest absolute Gasteiger partial charge is 0.277 e. The van der Waals surface area contributed by atoms with Gasteiger partial charge in [-0.3, -0.25) is 4.79 Å². The lowest BCUT2D eigenvalue weighted by Gasteiger charge is -2.45. The molecular formula is C23H27Cl2N3O2. The number of carbonyl (C=O) groups excluding carboxylic acids is 1. The zero-order chi connectivity index (χ0) is 22.1. The number of hydrazone groups is 1. The van der Waals surface area contributed by atoms with Crippen molar-refractivity contribution in [2.75, 3.05) is 18.6 Å². The molecule has 5 nitrogen and oxygen atoms in total. The van der Waals surface area contributed by atoms with Crippen LogP contribution in [0.2, 0.25) is 10.0 Å². The molecule has 0 saturated carbocycles. The molecule has 2 aromatic carbocycles. The highest BCUT2D eigenvalue weighted by Gasteiger charge is 2.34. The zero-order valence-electron chi connectivity index (χ0n) is 17.9. The van der Waals surface area contributed by atoms with E-state index in [1.54, 1.807) is 24.4 Å². The summed E-state index contributed by atoms with van der Waals surface area (Å²) in [4.78, 5) is 14.4. The van der Waals surface area contributed by atoms with Crippen LogP contribution in [-0.4, -0.2) is 31.3 Å². The summed E-state index contributed by atoms with van der Waals surface area (Å²) in [6.45, 7) is 8.65. The highest BCUT2D eigenvalue weighted by molar-refractivity contribution is 6.35. The number of carbonyl (C=O) groups is 1. The number of fused-ring (bicyclic) bond motifs is 1. The number of ether oxygens (including phenoxy) is 1. The van der Waals surface area contributed by atoms with Crippen molar-refractivity contribution in [3.05, 3.63) is 57.1 Å². The molecule has 1 aliphatic heterocycles. The largest absolute Gasteiger partial charge is 0.482 e. The van der Waals surface area contributed by atoms with Crippen LogP contribution in [0.1, 0.15) is 49.8 Å². The number of anilines is 1. The Morgan fingerprint density at radius 1 is 1.33 bits per heavy atom. The van der Waals surface area contributed by atoms with E-state index in [9.17, 15) is 4.79 Å². The van der Waals surface area contributed by atoms with Crippen LogP contribution in [0.15, 0.2) is 35.4 Å². The quantitative estimate of drug-likeness (QED) is 0.482. The van der Waals surface area contributed by atoms with E-state index >= 15 is 0 Å². The van der Waals surface area contributed by atoms with Gasteiger partial charge in [0.2, 0.25) is 0 Å². The van der Waals surface area contributed by atoms with Crippen LogP contribution in [0.5, 0.6) is 5.75 Å². The SMILES string of the molecule is Cc1cc2c(cc1/C=N\NC(=O)COc1ccc(Cl)cc1Cl)C(C)CC(C)(C)N2C. The highest BCUT2D eigenvalue weighted by Crippen LogP contribution is 2.43. The minimum atomic E-state index is -0.372. The van der Waals surface area contributed by atoms with Gasteiger partial charge in [0, 0.05) is 23.3 Å². The molecule has 30 heavy (non-hydrogen) atoms. The van der Waals surface area contributed by atoms with E-state index < -0.39 is 0 Å². The molecule has 7 heteroatoms. The van der Waals surface area contributed by atoms with Gasteiger partial charge in [0.05, 0.1) is 11.2 Å². The van der Waals surface area contributed by atoms with Gasteiger partial charge in [-0.05, 0) is 80.1 Å². The summed E-state index contributed by atoms with van der Waals surface area (Å²) >= 11 is 11.9. The molecule has 0 aromatic heterocycles. The Morgan fingerprint density at radius 3 is 2.77 bits per heavy atom. The first-order chi connectivity index (χ1) is 14.1. The van der Waals surface area contributed by atoms with E-state index in [0.29, 0.717) is 21.7 Å². The first-order valence-corrected chi connectivity index (χ1v) is 10.6. The Balaban J connectivity index is 1.65. The first kappa shape index (κ1) is 22.4. The van der Waals surface area contributed by atoms with Gasteiger partial charge in [-0.15, -0.1) is 0 Å². The predicted octanol–water partition coefficient (Wildman–Crippen LogP) is 5.55. The minimum Gasteiger partial charge on any atom is -0.482 e. The second kappa shape index (κ2) is 8.86. The number of nitrogens with zero attached hydrogens (tertiary/aromatic N) is 2. The summed E-state index contributed by atoms with van der Waals surface area (Å²) in [5.74, 6) is 0.473. The molecule has 160 valence electrons. The van der Waals surface area contributed by atoms with Gasteiger partial charge in [0.1, 0.15) is 5.75 Å². The lowest BCUT2D eigenvalue weighted by atomic mass is 9.79. The number of benzene rings is 2. The standard InChI is InChI=1S/C23H27Cl2N3O2/c1-14-8-20-18(15(2)11-23(3,4)28(20)5)9-16(14)12-26-27-22(29)13-30-21-7-6-17(24)10-19(21)25/h6-10,12,15H,11,13H2,1-5H3,(H,27,29)/b26-12-. The fourth-order valence-corrected chi connectivity index (χ4v) is 4.28. The topological polar surface area (TPSA) is 53.9 Å². The molecule has 0 fully saturated rings. The summed E-state index contributed by atoms with van der Waals surface area (Å²) in [5, 5.41) is 4.96. The Hall–Kier alpha value is -2.24. The summed E-state index contributed by atoms with van der Waals surface area (Å²) in [6.07, 6.45) is 2.76. The summed E-state index contributed by atoms with van der Waals surface area (Å²) in [6, 6.07) is 9.20. The summed E-state index contributed by atoms with van der Waals surface area (Å²) in [7, 11) is 2.14. The maximum atomic E-state index is 12.0. The lowest BCUT2D eigenvalue weighted by molar-refractivity contribution is -0.123. The molecule has 1 aliphatic rings. The van der Waals surface area contributed by atoms with Crippen LogP contribution in [0.25, 0.3) is 0 Å². The van der Waals surface area contributed by atoms with Crippen molar-refractivity contribution in [2.45, 2.75) is 45.6 Å². The second-order valence-corrected chi connectivity index (χ2v) is 9.24. The van der Waals surface area contributed by atoms with E-state index in [0.717, 1.165) is 17.5 Å². The predicted molar refractivity (Wildman–Crippen MR) is 124 cm³/mol. The molecule has 3 rings (SSSR count). The number of halogens is 2. The van der Waals surface area contributed by atoms with Gasteiger partial charge in [-0.2, -0.15) is 5.10 Å². The summed E-state index contributed by atoms with van der Waals surface area (Å²) in [5.41, 5.74) is 7.26. The van der Waals surface area contributed by atoms with Crippen LogP contribution < -0.4 is 15.1 Å². The van der Waals surface area contributed by atoms with Gasteiger partial charge < -0.3 is 9.64 Å². The lowest BCUT2D eigenvalue weighted by Crippen LogP contribution is -2.45. The fraction of sp³-hybridized carbons (Fsp3) is 0.391. The molecule has 0 radical (unpaired) electrons. The molecule has 1 amide bonds. The van der Waals surface area contributed by atoms with Crippen molar-refractivity contribution < 1.29 is 9.53 Å². The van der Waals surface area contributed by atoms with Gasteiger partial charge >= 0.3 is 0 Å². The number of nitrogens with one attached hydrogen (secondary N) is 1. The van der Waals surface area contributed by atoms with E-state index in [1.807, 2.05) is 0 Å². The van der Waals surface area contributed by atoms with Gasteiger partial charge in [0.15, 0.2) is 6.61 Å². The van der Waals surface area contributed by atoms with E-state index in [4.69, 9.17) is 27.9 Å². The normalized spacial score (nSPS) is 17.7.